The van der Waals surface area contributed by atoms with Crippen LogP contribution in [0, 0.1) is 13.8 Å². The van der Waals surface area contributed by atoms with E-state index in [1.807, 2.05) is 9.80 Å². The van der Waals surface area contributed by atoms with Gasteiger partial charge >= 0.3 is 24.0 Å². The van der Waals surface area contributed by atoms with Gasteiger partial charge in [0.2, 0.25) is 11.9 Å². The predicted molar refractivity (Wildman–Crippen MR) is 142 cm³/mol. The van der Waals surface area contributed by atoms with Gasteiger partial charge in [0.15, 0.2) is 0 Å². The first-order valence-electron chi connectivity index (χ1n) is 12.1. The van der Waals surface area contributed by atoms with Crippen LogP contribution in [0.25, 0.3) is 0 Å². The number of para-hydroxylation sites is 1. The van der Waals surface area contributed by atoms with Crippen molar-refractivity contribution in [1.82, 2.24) is 25.1 Å². The van der Waals surface area contributed by atoms with Gasteiger partial charge in [-0.25, -0.2) is 0 Å². The Hall–Kier alpha value is -4.46. The Morgan fingerprint density at radius 1 is 0.975 bits per heavy atom. The summed E-state index contributed by atoms with van der Waals surface area (Å²) in [5.74, 6) is -0.00772. The van der Waals surface area contributed by atoms with Gasteiger partial charge in [0, 0.05) is 31.9 Å². The van der Waals surface area contributed by atoms with Gasteiger partial charge in [0.25, 0.3) is 0 Å². The Kier molecular flexibility index (Phi) is 7.43. The predicted octanol–water partition coefficient (Wildman–Crippen LogP) is 4.87. The summed E-state index contributed by atoms with van der Waals surface area (Å²) in [6, 6.07) is 10.4. The van der Waals surface area contributed by atoms with Gasteiger partial charge in [-0.15, -0.1) is 5.10 Å². The molecule has 2 aromatic heterocycles. The second-order valence-electron chi connectivity index (χ2n) is 8.95. The number of anilines is 5. The van der Waals surface area contributed by atoms with E-state index in [0.29, 0.717) is 54.3 Å². The monoisotopic (exact) mass is 573 g/mol. The molecule has 1 aliphatic heterocycles. The first-order valence-corrected chi connectivity index (χ1v) is 12.5. The molecular weight excluding hydrogens is 551 g/mol. The molecule has 2 aromatic carbocycles. The molecule has 4 aromatic rings. The third-order valence-corrected chi connectivity index (χ3v) is 6.45. The smallest absolute Gasteiger partial charge is 0.399 e. The van der Waals surface area contributed by atoms with Crippen LogP contribution in [0.5, 0.6) is 0 Å². The van der Waals surface area contributed by atoms with Crippen molar-refractivity contribution in [1.29, 1.82) is 0 Å². The summed E-state index contributed by atoms with van der Waals surface area (Å²) in [4.78, 5) is 29.4. The largest absolute Gasteiger partial charge is 0.416 e. The van der Waals surface area contributed by atoms with Gasteiger partial charge in [-0.1, -0.05) is 34.9 Å². The Balaban J connectivity index is 1.24. The van der Waals surface area contributed by atoms with Crippen LogP contribution in [0.1, 0.15) is 27.6 Å². The number of carbonyl (C=O) groups excluding carboxylic acids is 1. The molecule has 208 valence electrons. The molecule has 2 N–H and O–H groups in total. The first-order chi connectivity index (χ1) is 19.1. The first kappa shape index (κ1) is 27.1. The van der Waals surface area contributed by atoms with E-state index in [1.165, 1.54) is 6.07 Å². The summed E-state index contributed by atoms with van der Waals surface area (Å²) in [6.07, 6.45) is -4.40. The van der Waals surface area contributed by atoms with Crippen LogP contribution in [0.2, 0.25) is 5.02 Å². The van der Waals surface area contributed by atoms with Crippen LogP contribution in [0.15, 0.2) is 46.9 Å². The van der Waals surface area contributed by atoms with Crippen molar-refractivity contribution < 1.29 is 22.4 Å². The molecular formula is C25H23ClF3N9O2. The number of hydrogen-bond donors (Lipinski definition) is 2. The quantitative estimate of drug-likeness (QED) is 0.330. The van der Waals surface area contributed by atoms with E-state index in [0.717, 1.165) is 17.7 Å². The number of amides is 1. The highest BCUT2D eigenvalue weighted by Gasteiger charge is 2.31. The fraction of sp³-hybridized carbons (Fsp3) is 0.280. The van der Waals surface area contributed by atoms with Crippen LogP contribution in [-0.2, 0) is 6.18 Å². The second-order valence-corrected chi connectivity index (χ2v) is 9.36. The van der Waals surface area contributed by atoms with E-state index in [1.54, 1.807) is 38.1 Å². The molecule has 40 heavy (non-hydrogen) atoms. The summed E-state index contributed by atoms with van der Waals surface area (Å²) in [5, 5.41) is 13.4. The van der Waals surface area contributed by atoms with Crippen molar-refractivity contribution >= 4 is 46.8 Å². The normalized spacial score (nSPS) is 13.8. The Labute approximate surface area is 231 Å². The van der Waals surface area contributed by atoms with Crippen molar-refractivity contribution in [3.05, 3.63) is 70.3 Å². The van der Waals surface area contributed by atoms with Crippen LogP contribution < -0.4 is 20.4 Å². The Morgan fingerprint density at radius 2 is 1.70 bits per heavy atom. The average molecular weight is 574 g/mol. The summed E-state index contributed by atoms with van der Waals surface area (Å²) in [7, 11) is 0. The van der Waals surface area contributed by atoms with Crippen LogP contribution in [0.4, 0.5) is 42.5 Å². The second kappa shape index (κ2) is 11.0. The highest BCUT2D eigenvalue weighted by molar-refractivity contribution is 6.34. The number of benzene rings is 2. The maximum atomic E-state index is 13.1. The zero-order chi connectivity index (χ0) is 28.4. The number of rotatable bonds is 6. The summed E-state index contributed by atoms with van der Waals surface area (Å²) in [6.45, 7) is 5.39. The number of nitrogens with one attached hydrogen (secondary N) is 2. The lowest BCUT2D eigenvalue weighted by molar-refractivity contribution is -0.137. The number of aryl methyl sites for hydroxylation is 2. The number of halogens is 4. The van der Waals surface area contributed by atoms with Crippen molar-refractivity contribution in [2.45, 2.75) is 20.0 Å². The Morgan fingerprint density at radius 3 is 2.42 bits per heavy atom. The molecule has 11 nitrogen and oxygen atoms in total. The highest BCUT2D eigenvalue weighted by Crippen LogP contribution is 2.32. The Bertz CT molecular complexity index is 1520. The maximum Gasteiger partial charge on any atom is 0.416 e. The molecule has 5 rings (SSSR count). The zero-order valence-corrected chi connectivity index (χ0v) is 22.1. The lowest BCUT2D eigenvalue weighted by atomic mass is 10.1. The van der Waals surface area contributed by atoms with E-state index in [2.05, 4.69) is 35.8 Å². The van der Waals surface area contributed by atoms with Gasteiger partial charge < -0.3 is 19.5 Å². The lowest BCUT2D eigenvalue weighted by Crippen LogP contribution is -2.47. The molecule has 0 radical (unpaired) electrons. The van der Waals surface area contributed by atoms with E-state index in [9.17, 15) is 18.0 Å². The van der Waals surface area contributed by atoms with E-state index in [-0.39, 0.29) is 17.9 Å². The number of alkyl halides is 3. The minimum Gasteiger partial charge on any atom is -0.399 e. The number of nitrogens with zero attached hydrogens (tertiary/aromatic N) is 7. The number of carbonyl (C=O) groups is 1. The third-order valence-electron chi connectivity index (χ3n) is 6.14. The molecule has 1 amide bonds. The van der Waals surface area contributed by atoms with Crippen molar-refractivity contribution in [3.63, 3.8) is 0 Å². The number of piperazine rings is 1. The summed E-state index contributed by atoms with van der Waals surface area (Å²) < 4.78 is 44.8. The maximum absolute atomic E-state index is 13.1. The van der Waals surface area contributed by atoms with Gasteiger partial charge in [0.1, 0.15) is 5.82 Å². The molecule has 1 fully saturated rings. The zero-order valence-electron chi connectivity index (χ0n) is 21.3. The van der Waals surface area contributed by atoms with Crippen LogP contribution in [0.3, 0.4) is 0 Å². The minimum absolute atomic E-state index is 0.105. The van der Waals surface area contributed by atoms with Gasteiger partial charge in [-0.05, 0) is 43.7 Å². The van der Waals surface area contributed by atoms with Crippen molar-refractivity contribution in [2.75, 3.05) is 46.6 Å². The molecule has 0 bridgehead atoms. The molecule has 0 aliphatic carbocycles. The molecule has 15 heteroatoms. The molecule has 0 unspecified atom stereocenters. The lowest BCUT2D eigenvalue weighted by Gasteiger charge is -2.36. The SMILES string of the molecule is Cc1nc(Nc2nnc(C(=O)Nc3c(C)cccc3Cl)o2)nc(N2CCN(c3cccc(C(F)(F)F)c3)CC2)n1. The standard InChI is InChI=1S/C25H23ClF3N9O2/c1-14-5-3-8-18(26)19(14)32-20(39)21-35-36-24(40-21)34-22-30-15(2)31-23(33-22)38-11-9-37(10-12-38)17-7-4-6-16(13-17)25(27,28)29/h3-8,13H,9-12H2,1-2H3,(H,32,39)(H,30,31,33,34,36). The highest BCUT2D eigenvalue weighted by atomic mass is 35.5. The van der Waals surface area contributed by atoms with Gasteiger partial charge in [0.05, 0.1) is 16.3 Å². The van der Waals surface area contributed by atoms with Crippen molar-refractivity contribution in [2.24, 2.45) is 0 Å². The van der Waals surface area contributed by atoms with Crippen molar-refractivity contribution in [3.8, 4) is 0 Å². The third kappa shape index (κ3) is 6.06. The fourth-order valence-electron chi connectivity index (χ4n) is 4.13. The molecule has 1 saturated heterocycles. The topological polar surface area (TPSA) is 125 Å². The van der Waals surface area contributed by atoms with E-state index < -0.39 is 17.6 Å². The number of aromatic nitrogens is 5. The van der Waals surface area contributed by atoms with Crippen LogP contribution >= 0.6 is 11.6 Å². The molecule has 0 saturated carbocycles. The fourth-order valence-corrected chi connectivity index (χ4v) is 4.40. The van der Waals surface area contributed by atoms with Gasteiger partial charge in [-0.2, -0.15) is 28.1 Å². The average Bonchev–Trinajstić information content (AvgIpc) is 3.39. The molecule has 1 aliphatic rings. The van der Waals surface area contributed by atoms with Crippen LogP contribution in [-0.4, -0.2) is 57.2 Å². The van der Waals surface area contributed by atoms with E-state index in [4.69, 9.17) is 16.0 Å². The van der Waals surface area contributed by atoms with Gasteiger partial charge in [-0.3, -0.25) is 10.1 Å². The summed E-state index contributed by atoms with van der Waals surface area (Å²) in [5.41, 5.74) is 1.02. The number of hydrogen-bond acceptors (Lipinski definition) is 10. The van der Waals surface area contributed by atoms with E-state index >= 15 is 0 Å². The molecule has 0 atom stereocenters. The summed E-state index contributed by atoms with van der Waals surface area (Å²) >= 11 is 6.17. The minimum atomic E-state index is -4.40. The molecule has 0 spiro atoms. The molecule has 3 heterocycles.